The number of rotatable bonds is 3. The van der Waals surface area contributed by atoms with Crippen molar-refractivity contribution in [3.8, 4) is 33.4 Å². The summed E-state index contributed by atoms with van der Waals surface area (Å²) < 4.78 is 1.27. The Labute approximate surface area is 253 Å². The van der Waals surface area contributed by atoms with Crippen LogP contribution in [0.4, 0.5) is 0 Å². The normalized spacial score (nSPS) is 11.7. The van der Waals surface area contributed by atoms with Crippen LogP contribution in [0.5, 0.6) is 0 Å². The SMILES string of the molecule is c1ccc(-c2c3ccccc3c(-c3ccccc3)c3cc(-c4c5ccccc5nc5sc6ccccc6c45)ccc23)cc1. The third-order valence-electron chi connectivity index (χ3n) is 8.66. The van der Waals surface area contributed by atoms with Gasteiger partial charge in [0.1, 0.15) is 4.83 Å². The van der Waals surface area contributed by atoms with E-state index in [1.54, 1.807) is 11.3 Å². The van der Waals surface area contributed by atoms with Gasteiger partial charge in [0.2, 0.25) is 0 Å². The van der Waals surface area contributed by atoms with Crippen molar-refractivity contribution in [2.24, 2.45) is 0 Å². The molecule has 0 aliphatic rings. The molecule has 0 fully saturated rings. The molecule has 0 saturated heterocycles. The van der Waals surface area contributed by atoms with Crippen LogP contribution in [0.15, 0.2) is 152 Å². The summed E-state index contributed by atoms with van der Waals surface area (Å²) in [6, 6.07) is 55.0. The van der Waals surface area contributed by atoms with Crippen LogP contribution in [-0.4, -0.2) is 4.98 Å². The molecule has 0 unspecified atom stereocenters. The van der Waals surface area contributed by atoms with E-state index in [9.17, 15) is 0 Å². The molecule has 43 heavy (non-hydrogen) atoms. The van der Waals surface area contributed by atoms with Crippen LogP contribution < -0.4 is 0 Å². The van der Waals surface area contributed by atoms with Crippen molar-refractivity contribution in [3.05, 3.63) is 152 Å². The number of pyridine rings is 1. The van der Waals surface area contributed by atoms with Gasteiger partial charge in [0, 0.05) is 26.4 Å². The summed E-state index contributed by atoms with van der Waals surface area (Å²) in [6.07, 6.45) is 0. The summed E-state index contributed by atoms with van der Waals surface area (Å²) >= 11 is 1.78. The van der Waals surface area contributed by atoms with Gasteiger partial charge in [-0.15, -0.1) is 11.3 Å². The molecule has 0 radical (unpaired) electrons. The van der Waals surface area contributed by atoms with Gasteiger partial charge < -0.3 is 0 Å². The second kappa shape index (κ2) is 9.62. The number of hydrogen-bond donors (Lipinski definition) is 0. The molecule has 1 nitrogen and oxygen atoms in total. The molecule has 9 aromatic rings. The fourth-order valence-electron chi connectivity index (χ4n) is 6.84. The first kappa shape index (κ1) is 24.3. The van der Waals surface area contributed by atoms with Crippen molar-refractivity contribution in [3.63, 3.8) is 0 Å². The van der Waals surface area contributed by atoms with E-state index in [0.717, 1.165) is 10.3 Å². The Kier molecular flexibility index (Phi) is 5.44. The van der Waals surface area contributed by atoms with Crippen LogP contribution in [0, 0.1) is 0 Å². The zero-order chi connectivity index (χ0) is 28.3. The van der Waals surface area contributed by atoms with Crippen molar-refractivity contribution in [1.82, 2.24) is 4.98 Å². The number of thiophene rings is 1. The van der Waals surface area contributed by atoms with E-state index in [0.29, 0.717) is 0 Å². The molecule has 2 aromatic heterocycles. The molecule has 0 saturated carbocycles. The summed E-state index contributed by atoms with van der Waals surface area (Å²) in [6.45, 7) is 0. The first-order valence-corrected chi connectivity index (χ1v) is 15.5. The quantitative estimate of drug-likeness (QED) is 0.195. The minimum absolute atomic E-state index is 1.03. The van der Waals surface area contributed by atoms with Crippen molar-refractivity contribution >= 4 is 64.1 Å². The maximum Gasteiger partial charge on any atom is 0.125 e. The number of para-hydroxylation sites is 1. The zero-order valence-corrected chi connectivity index (χ0v) is 24.1. The van der Waals surface area contributed by atoms with Crippen molar-refractivity contribution in [2.45, 2.75) is 0 Å². The summed E-state index contributed by atoms with van der Waals surface area (Å²) in [5, 5.41) is 8.75. The lowest BCUT2D eigenvalue weighted by atomic mass is 9.84. The first-order valence-electron chi connectivity index (χ1n) is 14.6. The molecule has 2 heteroatoms. The predicted molar refractivity (Wildman–Crippen MR) is 186 cm³/mol. The number of benzene rings is 7. The maximum atomic E-state index is 5.14. The number of aromatic nitrogens is 1. The molecule has 200 valence electrons. The van der Waals surface area contributed by atoms with Crippen LogP contribution in [0.1, 0.15) is 0 Å². The van der Waals surface area contributed by atoms with Gasteiger partial charge in [0.25, 0.3) is 0 Å². The zero-order valence-electron chi connectivity index (χ0n) is 23.3. The van der Waals surface area contributed by atoms with E-state index < -0.39 is 0 Å². The summed E-state index contributed by atoms with van der Waals surface area (Å²) in [5.41, 5.74) is 8.52. The van der Waals surface area contributed by atoms with Crippen molar-refractivity contribution in [1.29, 1.82) is 0 Å². The molecule has 9 rings (SSSR count). The predicted octanol–water partition coefficient (Wildman–Crippen LogP) is 11.9. The van der Waals surface area contributed by atoms with Gasteiger partial charge in [-0.3, -0.25) is 0 Å². The third kappa shape index (κ3) is 3.74. The Bertz CT molecular complexity index is 2490. The lowest BCUT2D eigenvalue weighted by Gasteiger charge is -2.19. The van der Waals surface area contributed by atoms with E-state index >= 15 is 0 Å². The second-order valence-electron chi connectivity index (χ2n) is 11.1. The standard InChI is InChI=1S/C41H25NS/c1-3-13-26(14-4-1)37-29-17-7-8-18-30(29)38(27-15-5-2-6-16-27)34-25-28(23-24-31(34)37)39-32-19-9-11-21-35(32)42-41-40(39)33-20-10-12-22-36(33)43-41/h1-25H. The van der Waals surface area contributed by atoms with Gasteiger partial charge in [0.15, 0.2) is 0 Å². The Morgan fingerprint density at radius 3 is 1.60 bits per heavy atom. The van der Waals surface area contributed by atoms with Gasteiger partial charge >= 0.3 is 0 Å². The average Bonchev–Trinajstić information content (AvgIpc) is 3.44. The van der Waals surface area contributed by atoms with Crippen LogP contribution in [0.25, 0.3) is 86.1 Å². The molecule has 0 amide bonds. The van der Waals surface area contributed by atoms with E-state index in [1.807, 2.05) is 0 Å². The minimum atomic E-state index is 1.03. The highest BCUT2D eigenvalue weighted by Crippen LogP contribution is 2.47. The number of hydrogen-bond acceptors (Lipinski definition) is 2. The van der Waals surface area contributed by atoms with E-state index in [2.05, 4.69) is 152 Å². The first-order chi connectivity index (χ1) is 21.3. The molecule has 0 aliphatic carbocycles. The van der Waals surface area contributed by atoms with Gasteiger partial charge in [-0.25, -0.2) is 4.98 Å². The summed E-state index contributed by atoms with van der Waals surface area (Å²) in [4.78, 5) is 6.23. The highest BCUT2D eigenvalue weighted by Gasteiger charge is 2.20. The van der Waals surface area contributed by atoms with Crippen LogP contribution in [0.2, 0.25) is 0 Å². The molecule has 0 N–H and O–H groups in total. The van der Waals surface area contributed by atoms with Gasteiger partial charge in [-0.05, 0) is 67.6 Å². The van der Waals surface area contributed by atoms with Gasteiger partial charge in [-0.2, -0.15) is 0 Å². The third-order valence-corrected chi connectivity index (χ3v) is 9.72. The minimum Gasteiger partial charge on any atom is -0.237 e. The second-order valence-corrected chi connectivity index (χ2v) is 12.1. The highest BCUT2D eigenvalue weighted by molar-refractivity contribution is 7.25. The van der Waals surface area contributed by atoms with Crippen LogP contribution >= 0.6 is 11.3 Å². The largest absolute Gasteiger partial charge is 0.237 e. The van der Waals surface area contributed by atoms with E-state index in [4.69, 9.17) is 4.98 Å². The molecule has 0 bridgehead atoms. The molecule has 0 spiro atoms. The average molecular weight is 564 g/mol. The molecule has 2 heterocycles. The molecular weight excluding hydrogens is 539 g/mol. The summed E-state index contributed by atoms with van der Waals surface area (Å²) in [5.74, 6) is 0. The monoisotopic (exact) mass is 563 g/mol. The Balaban J connectivity index is 1.48. The molecule has 0 aliphatic heterocycles. The van der Waals surface area contributed by atoms with Crippen LogP contribution in [-0.2, 0) is 0 Å². The molecule has 0 atom stereocenters. The lowest BCUT2D eigenvalue weighted by Crippen LogP contribution is -1.92. The Morgan fingerprint density at radius 2 is 0.907 bits per heavy atom. The van der Waals surface area contributed by atoms with Gasteiger partial charge in [-0.1, -0.05) is 133 Å². The maximum absolute atomic E-state index is 5.14. The Morgan fingerprint density at radius 1 is 0.372 bits per heavy atom. The van der Waals surface area contributed by atoms with E-state index in [-0.39, 0.29) is 0 Å². The lowest BCUT2D eigenvalue weighted by molar-refractivity contribution is 1.54. The van der Waals surface area contributed by atoms with Crippen LogP contribution in [0.3, 0.4) is 0 Å². The van der Waals surface area contributed by atoms with Crippen molar-refractivity contribution in [2.75, 3.05) is 0 Å². The highest BCUT2D eigenvalue weighted by atomic mass is 32.1. The molecule has 7 aromatic carbocycles. The smallest absolute Gasteiger partial charge is 0.125 e. The summed E-state index contributed by atoms with van der Waals surface area (Å²) in [7, 11) is 0. The van der Waals surface area contributed by atoms with Crippen molar-refractivity contribution < 1.29 is 0 Å². The topological polar surface area (TPSA) is 12.9 Å². The van der Waals surface area contributed by atoms with E-state index in [1.165, 1.54) is 75.8 Å². The molecular formula is C41H25NS. The number of nitrogens with zero attached hydrogens (tertiary/aromatic N) is 1. The fraction of sp³-hybridized carbons (Fsp3) is 0. The van der Waals surface area contributed by atoms with Gasteiger partial charge in [0.05, 0.1) is 5.52 Å². The fourth-order valence-corrected chi connectivity index (χ4v) is 7.94. The Hall–Kier alpha value is -5.31. The number of fused-ring (bicyclic) bond motifs is 6.